The highest BCUT2D eigenvalue weighted by molar-refractivity contribution is 7.90. The average Bonchev–Trinajstić information content (AvgIpc) is 3.01. The van der Waals surface area contributed by atoms with Crippen molar-refractivity contribution < 1.29 is 25.0 Å². The van der Waals surface area contributed by atoms with Crippen LogP contribution in [0.5, 0.6) is 11.6 Å². The fourth-order valence-corrected chi connectivity index (χ4v) is 2.99. The van der Waals surface area contributed by atoms with Crippen molar-refractivity contribution in [3.63, 3.8) is 0 Å². The van der Waals surface area contributed by atoms with Gasteiger partial charge >= 0.3 is 5.16 Å². The van der Waals surface area contributed by atoms with E-state index in [1.54, 1.807) is 0 Å². The van der Waals surface area contributed by atoms with Crippen LogP contribution in [0.3, 0.4) is 0 Å². The molecule has 0 fully saturated rings. The molecule has 7 nitrogen and oxygen atoms in total. The van der Waals surface area contributed by atoms with Gasteiger partial charge in [0.15, 0.2) is 12.8 Å². The van der Waals surface area contributed by atoms with Crippen LogP contribution in [0.2, 0.25) is 1.41 Å². The van der Waals surface area contributed by atoms with E-state index in [1.807, 2.05) is 0 Å². The Bertz CT molecular complexity index is 1170. The minimum atomic E-state index is -2.87. The second kappa shape index (κ2) is 6.66. The van der Waals surface area contributed by atoms with E-state index >= 15 is 0 Å². The molecule has 0 bridgehead atoms. The molecule has 24 heavy (non-hydrogen) atoms. The second-order valence-electron chi connectivity index (χ2n) is 4.65. The molecule has 1 N–H and O–H groups in total. The number of aromatic nitrogens is 4. The smallest absolute Gasteiger partial charge is 0.323 e. The summed E-state index contributed by atoms with van der Waals surface area (Å²) in [5.74, 6) is -0.831. The summed E-state index contributed by atoms with van der Waals surface area (Å²) in [6.07, 6.45) is -0.715. The second-order valence-corrected chi connectivity index (χ2v) is 5.99. The molecule has 0 amide bonds. The van der Waals surface area contributed by atoms with E-state index in [2.05, 4.69) is 15.0 Å². The van der Waals surface area contributed by atoms with Crippen molar-refractivity contribution in [1.82, 2.24) is 19.9 Å². The van der Waals surface area contributed by atoms with Crippen LogP contribution in [0.4, 0.5) is 0 Å². The van der Waals surface area contributed by atoms with Gasteiger partial charge in [-0.3, -0.25) is 9.96 Å². The number of imidazole rings is 1. The predicted octanol–water partition coefficient (Wildman–Crippen LogP) is 2.29. The molecule has 0 saturated carbocycles. The molecule has 3 heterocycles. The van der Waals surface area contributed by atoms with E-state index in [4.69, 9.17) is 20.5 Å². The first kappa shape index (κ1) is 9.24. The molecule has 0 aromatic carbocycles. The zero-order valence-corrected chi connectivity index (χ0v) is 13.6. The molecule has 3 aromatic rings. The Kier molecular flexibility index (Phi) is 2.56. The number of pyridine rings is 2. The molecule has 126 valence electrons. The van der Waals surface area contributed by atoms with Crippen LogP contribution >= 0.6 is 0 Å². The largest absolute Gasteiger partial charge is 0.609 e. The number of nitrogens with zero attached hydrogens (tertiary/aromatic N) is 3. The molecular formula is C16H18N4O3S. The van der Waals surface area contributed by atoms with E-state index in [-0.39, 0.29) is 27.9 Å². The molecule has 1 unspecified atom stereocenters. The number of nitrogens with one attached hydrogen (secondary N) is 1. The summed E-state index contributed by atoms with van der Waals surface area (Å²) in [5.41, 5.74) is -1.17. The van der Waals surface area contributed by atoms with E-state index in [9.17, 15) is 4.55 Å². The van der Waals surface area contributed by atoms with Crippen LogP contribution in [0.1, 0.15) is 26.4 Å². The number of H-pyrrole nitrogens is 1. The summed E-state index contributed by atoms with van der Waals surface area (Å²) in [7, 11) is 2.49. The number of rotatable bonds is 5. The third-order valence-electron chi connectivity index (χ3n) is 3.18. The monoisotopic (exact) mass is 354 g/mol. The molecular weight excluding hydrogens is 328 g/mol. The Morgan fingerprint density at radius 1 is 1.33 bits per heavy atom. The fourth-order valence-electron chi connectivity index (χ4n) is 2.01. The van der Waals surface area contributed by atoms with Crippen molar-refractivity contribution in [2.45, 2.75) is 24.6 Å². The lowest BCUT2D eigenvalue weighted by atomic mass is 10.1. The standard InChI is InChI=1S/C16H18N4O3S/c1-9-7-17-12(10(2)14(9)23-4)8-24(21)16-18-11-5-6-13(22-3)19-15(11)20-16/h5-7H,8H2,1-4H3,(H,18,19,20)/i1D3,2D3,7D/hD. The lowest BCUT2D eigenvalue weighted by molar-refractivity contribution is 0.399. The Hall–Kier alpha value is -2.32. The van der Waals surface area contributed by atoms with Crippen molar-refractivity contribution in [2.75, 3.05) is 14.2 Å². The number of aromatic amines is 1. The van der Waals surface area contributed by atoms with Crippen molar-refractivity contribution in [1.29, 1.82) is 0 Å². The first-order chi connectivity index (χ1) is 14.8. The van der Waals surface area contributed by atoms with Crippen LogP contribution in [-0.4, -0.2) is 38.7 Å². The maximum Gasteiger partial charge on any atom is 0.323 e. The van der Waals surface area contributed by atoms with Gasteiger partial charge in [-0.2, -0.15) is 9.97 Å². The Labute approximate surface area is 153 Å². The molecule has 0 aliphatic carbocycles. The van der Waals surface area contributed by atoms with Crippen LogP contribution in [0, 0.1) is 13.7 Å². The fraction of sp³-hybridized carbons (Fsp3) is 0.312. The first-order valence-corrected chi connectivity index (χ1v) is 8.01. The molecule has 3 aromatic heterocycles. The highest BCUT2D eigenvalue weighted by atomic mass is 32.2. The van der Waals surface area contributed by atoms with Gasteiger partial charge in [0.2, 0.25) is 5.88 Å². The molecule has 8 heteroatoms. The van der Waals surface area contributed by atoms with Crippen molar-refractivity contribution >= 4 is 22.3 Å². The lowest BCUT2D eigenvalue weighted by Crippen LogP contribution is -2.10. The normalized spacial score (nSPS) is 18.3. The number of hydrogen-bond acceptors (Lipinski definition) is 6. The Balaban J connectivity index is 2.13. The topological polar surface area (TPSA) is 96.0 Å². The van der Waals surface area contributed by atoms with Crippen molar-refractivity contribution in [3.05, 3.63) is 35.1 Å². The number of fused-ring (bicyclic) bond motifs is 1. The Morgan fingerprint density at radius 2 is 2.21 bits per heavy atom. The molecule has 1 atom stereocenters. The molecule has 0 radical (unpaired) electrons. The van der Waals surface area contributed by atoms with E-state index in [0.29, 0.717) is 0 Å². The van der Waals surface area contributed by atoms with Gasteiger partial charge in [-0.15, -0.1) is 0 Å². The summed E-state index contributed by atoms with van der Waals surface area (Å²) < 4.78 is 85.7. The van der Waals surface area contributed by atoms with Gasteiger partial charge in [0.1, 0.15) is 5.75 Å². The van der Waals surface area contributed by atoms with Gasteiger partial charge in [-0.1, -0.05) is 0 Å². The van der Waals surface area contributed by atoms with Gasteiger partial charge in [0.05, 0.1) is 26.8 Å². The maximum absolute atomic E-state index is 13.0. The zero-order valence-electron chi connectivity index (χ0n) is 20.8. The van der Waals surface area contributed by atoms with Crippen LogP contribution in [0.25, 0.3) is 11.2 Å². The van der Waals surface area contributed by atoms with E-state index < -0.39 is 53.7 Å². The number of methoxy groups -OCH3 is 2. The van der Waals surface area contributed by atoms with E-state index in [0.717, 1.165) is 12.1 Å². The van der Waals surface area contributed by atoms with Crippen molar-refractivity contribution in [3.8, 4) is 11.6 Å². The van der Waals surface area contributed by atoms with Crippen LogP contribution < -0.4 is 9.47 Å². The third kappa shape index (κ3) is 3.02. The first-order valence-electron chi connectivity index (χ1n) is 10.6. The van der Waals surface area contributed by atoms with Gasteiger partial charge in [-0.05, 0) is 19.8 Å². The van der Waals surface area contributed by atoms with Gasteiger partial charge in [0, 0.05) is 42.8 Å². The highest BCUT2D eigenvalue weighted by Gasteiger charge is 2.21. The molecule has 0 saturated heterocycles. The zero-order chi connectivity index (χ0) is 24.0. The summed E-state index contributed by atoms with van der Waals surface area (Å²) in [4.78, 5) is 12.8. The quantitative estimate of drug-likeness (QED) is 0.706. The number of ether oxygens (including phenoxy) is 2. The van der Waals surface area contributed by atoms with Gasteiger partial charge < -0.3 is 14.0 Å². The minimum Gasteiger partial charge on any atom is -0.609 e. The van der Waals surface area contributed by atoms with Crippen molar-refractivity contribution in [2.24, 2.45) is 0 Å². The SMILES string of the molecule is [2H]c1nc(C[S+]([O-])c2nc3nc(OC)ccc3n2[2H])c(C([2H])([2H])[2H])c(OC)c1C([2H])([2H])[2H]. The van der Waals surface area contributed by atoms with Crippen LogP contribution in [0.15, 0.2) is 23.5 Å². The molecule has 0 aliphatic heterocycles. The van der Waals surface area contributed by atoms with Gasteiger partial charge in [-0.25, -0.2) is 0 Å². The molecule has 3 rings (SSSR count). The lowest BCUT2D eigenvalue weighted by Gasteiger charge is -2.13. The maximum atomic E-state index is 13.0. The Morgan fingerprint density at radius 3 is 2.92 bits per heavy atom. The van der Waals surface area contributed by atoms with Crippen LogP contribution in [-0.2, 0) is 16.9 Å². The molecule has 0 spiro atoms. The summed E-state index contributed by atoms with van der Waals surface area (Å²) in [5, 5.41) is -0.232. The van der Waals surface area contributed by atoms with Gasteiger partial charge in [0.25, 0.3) is 0 Å². The number of hydrogen-bond donors (Lipinski definition) is 1. The molecule has 0 aliphatic rings. The summed E-state index contributed by atoms with van der Waals surface area (Å²) >= 11 is -2.09. The average molecular weight is 354 g/mol. The summed E-state index contributed by atoms with van der Waals surface area (Å²) in [6, 6.07) is 3.00. The third-order valence-corrected chi connectivity index (χ3v) is 4.30. The predicted molar refractivity (Wildman–Crippen MR) is 90.8 cm³/mol. The summed E-state index contributed by atoms with van der Waals surface area (Å²) in [6.45, 7) is -5.73. The minimum absolute atomic E-state index is 0.100. The van der Waals surface area contributed by atoms with E-state index in [1.165, 1.54) is 19.2 Å². The highest BCUT2D eigenvalue weighted by Crippen LogP contribution is 2.26.